The second-order valence-corrected chi connectivity index (χ2v) is 3.55. The summed E-state index contributed by atoms with van der Waals surface area (Å²) in [6, 6.07) is 0. The van der Waals surface area contributed by atoms with Crippen molar-refractivity contribution in [1.82, 2.24) is 0 Å². The molecule has 1 atom stereocenters. The summed E-state index contributed by atoms with van der Waals surface area (Å²) in [5.74, 6) is 0.917. The molecule has 0 radical (unpaired) electrons. The van der Waals surface area contributed by atoms with Gasteiger partial charge in [0.25, 0.3) is 0 Å². The summed E-state index contributed by atoms with van der Waals surface area (Å²) < 4.78 is 0.931. The average molecular weight is 181 g/mol. The van der Waals surface area contributed by atoms with Crippen molar-refractivity contribution in [3.63, 3.8) is 0 Å². The van der Waals surface area contributed by atoms with Gasteiger partial charge in [-0.15, -0.1) is 0 Å². The lowest BCUT2D eigenvalue weighted by atomic mass is 10.6. The van der Waals surface area contributed by atoms with E-state index < -0.39 is 0 Å². The van der Waals surface area contributed by atoms with Gasteiger partial charge in [-0.2, -0.15) is 0 Å². The molecule has 1 heterocycles. The Hall–Kier alpha value is 0.460. The van der Waals surface area contributed by atoms with E-state index in [0.717, 1.165) is 9.71 Å². The summed E-state index contributed by atoms with van der Waals surface area (Å²) >= 11 is 4.86. The standard InChI is InChI=1S/C3H5BrN2S/c4-3-6-2(5)1-7-3/h2H,1,5H2. The molecular formula is C3H5BrN2S. The maximum Gasteiger partial charge on any atom is 0.135 e. The second kappa shape index (κ2) is 2.15. The number of halogens is 1. The molecule has 1 aliphatic heterocycles. The Labute approximate surface area is 54.7 Å². The van der Waals surface area contributed by atoms with E-state index in [-0.39, 0.29) is 6.17 Å². The molecule has 0 amide bonds. The Bertz CT molecular complexity index is 103. The maximum absolute atomic E-state index is 5.39. The predicted molar refractivity (Wildman–Crippen MR) is 36.8 cm³/mol. The number of hydrogen-bond acceptors (Lipinski definition) is 3. The predicted octanol–water partition coefficient (Wildman–Crippen LogP) is 0.769. The smallest absolute Gasteiger partial charge is 0.135 e. The zero-order chi connectivity index (χ0) is 5.28. The van der Waals surface area contributed by atoms with Crippen molar-refractivity contribution in [3.05, 3.63) is 0 Å². The van der Waals surface area contributed by atoms with Gasteiger partial charge >= 0.3 is 0 Å². The van der Waals surface area contributed by atoms with Crippen LogP contribution in [-0.2, 0) is 0 Å². The highest BCUT2D eigenvalue weighted by Gasteiger charge is 2.09. The van der Waals surface area contributed by atoms with Gasteiger partial charge in [-0.3, -0.25) is 4.99 Å². The third kappa shape index (κ3) is 1.44. The van der Waals surface area contributed by atoms with Crippen LogP contribution < -0.4 is 5.73 Å². The molecule has 1 aliphatic rings. The van der Waals surface area contributed by atoms with Gasteiger partial charge in [0.2, 0.25) is 0 Å². The molecule has 40 valence electrons. The van der Waals surface area contributed by atoms with Crippen LogP contribution in [0.1, 0.15) is 0 Å². The van der Waals surface area contributed by atoms with Crippen LogP contribution in [0.5, 0.6) is 0 Å². The Kier molecular flexibility index (Phi) is 1.72. The van der Waals surface area contributed by atoms with E-state index in [1.807, 2.05) is 0 Å². The molecule has 7 heavy (non-hydrogen) atoms. The minimum atomic E-state index is 0.0272. The van der Waals surface area contributed by atoms with Crippen LogP contribution in [0, 0.1) is 0 Å². The first kappa shape index (κ1) is 5.59. The summed E-state index contributed by atoms with van der Waals surface area (Å²) in [4.78, 5) is 3.96. The molecule has 4 heteroatoms. The van der Waals surface area contributed by atoms with E-state index in [4.69, 9.17) is 5.73 Å². The van der Waals surface area contributed by atoms with Gasteiger partial charge in [0.1, 0.15) is 10.1 Å². The SMILES string of the molecule is NC1CSC(Br)=N1. The number of aliphatic imine (C=N–C) groups is 1. The highest BCUT2D eigenvalue weighted by molar-refractivity contribution is 9.22. The van der Waals surface area contributed by atoms with Crippen LogP contribution in [-0.4, -0.2) is 15.9 Å². The summed E-state index contributed by atoms with van der Waals surface area (Å²) in [6.07, 6.45) is 0.0272. The topological polar surface area (TPSA) is 38.4 Å². The van der Waals surface area contributed by atoms with Crippen molar-refractivity contribution in [3.8, 4) is 0 Å². The van der Waals surface area contributed by atoms with Gasteiger partial charge in [-0.1, -0.05) is 11.8 Å². The quantitative estimate of drug-likeness (QED) is 0.599. The average Bonchev–Trinajstić information content (AvgIpc) is 1.87. The third-order valence-electron chi connectivity index (χ3n) is 0.641. The molecule has 2 N–H and O–H groups in total. The van der Waals surface area contributed by atoms with Crippen LogP contribution in [0.25, 0.3) is 0 Å². The first-order valence-electron chi connectivity index (χ1n) is 1.91. The molecule has 0 spiro atoms. The molecule has 0 saturated heterocycles. The minimum Gasteiger partial charge on any atom is -0.309 e. The number of rotatable bonds is 0. The van der Waals surface area contributed by atoms with Gasteiger partial charge in [0.15, 0.2) is 0 Å². The fourth-order valence-corrected chi connectivity index (χ4v) is 1.61. The van der Waals surface area contributed by atoms with Crippen molar-refractivity contribution in [2.45, 2.75) is 6.17 Å². The lowest BCUT2D eigenvalue weighted by Crippen LogP contribution is -2.15. The fraction of sp³-hybridized carbons (Fsp3) is 0.667. The van der Waals surface area contributed by atoms with E-state index in [0.29, 0.717) is 0 Å². The summed E-state index contributed by atoms with van der Waals surface area (Å²) in [6.45, 7) is 0. The molecular weight excluding hydrogens is 176 g/mol. The van der Waals surface area contributed by atoms with Crippen molar-refractivity contribution in [1.29, 1.82) is 0 Å². The molecule has 0 aromatic carbocycles. The number of hydrogen-bond donors (Lipinski definition) is 1. The van der Waals surface area contributed by atoms with Gasteiger partial charge in [-0.05, 0) is 15.9 Å². The Morgan fingerprint density at radius 1 is 2.00 bits per heavy atom. The highest BCUT2D eigenvalue weighted by atomic mass is 79.9. The van der Waals surface area contributed by atoms with Crippen molar-refractivity contribution >= 4 is 31.6 Å². The maximum atomic E-state index is 5.39. The number of nitrogens with zero attached hydrogens (tertiary/aromatic N) is 1. The van der Waals surface area contributed by atoms with Gasteiger partial charge in [0, 0.05) is 5.75 Å². The zero-order valence-electron chi connectivity index (χ0n) is 3.60. The Morgan fingerprint density at radius 2 is 2.71 bits per heavy atom. The summed E-state index contributed by atoms with van der Waals surface area (Å²) in [5, 5.41) is 0. The zero-order valence-corrected chi connectivity index (χ0v) is 6.00. The second-order valence-electron chi connectivity index (χ2n) is 1.26. The van der Waals surface area contributed by atoms with Crippen LogP contribution in [0.3, 0.4) is 0 Å². The lowest BCUT2D eigenvalue weighted by Gasteiger charge is -1.88. The summed E-state index contributed by atoms with van der Waals surface area (Å²) in [5.41, 5.74) is 5.39. The molecule has 0 saturated carbocycles. The number of thioether (sulfide) groups is 1. The van der Waals surface area contributed by atoms with Crippen molar-refractivity contribution in [2.24, 2.45) is 10.7 Å². The minimum absolute atomic E-state index is 0.0272. The monoisotopic (exact) mass is 180 g/mol. The molecule has 1 unspecified atom stereocenters. The molecule has 0 bridgehead atoms. The normalized spacial score (nSPS) is 30.6. The highest BCUT2D eigenvalue weighted by Crippen LogP contribution is 2.18. The van der Waals surface area contributed by atoms with Gasteiger partial charge in [-0.25, -0.2) is 0 Å². The first-order chi connectivity index (χ1) is 3.29. The van der Waals surface area contributed by atoms with Crippen molar-refractivity contribution < 1.29 is 0 Å². The van der Waals surface area contributed by atoms with E-state index in [2.05, 4.69) is 20.9 Å². The molecule has 1 rings (SSSR count). The lowest BCUT2D eigenvalue weighted by molar-refractivity contribution is 0.821. The van der Waals surface area contributed by atoms with E-state index in [1.165, 1.54) is 0 Å². The molecule has 0 aromatic rings. The van der Waals surface area contributed by atoms with Crippen LogP contribution in [0.4, 0.5) is 0 Å². The third-order valence-corrected chi connectivity index (χ3v) is 2.38. The van der Waals surface area contributed by atoms with Gasteiger partial charge in [0.05, 0.1) is 0 Å². The van der Waals surface area contributed by atoms with Crippen molar-refractivity contribution in [2.75, 3.05) is 5.75 Å². The first-order valence-corrected chi connectivity index (χ1v) is 3.68. The van der Waals surface area contributed by atoms with Crippen LogP contribution in [0.2, 0.25) is 0 Å². The Morgan fingerprint density at radius 3 is 2.86 bits per heavy atom. The van der Waals surface area contributed by atoms with Gasteiger partial charge < -0.3 is 5.73 Å². The van der Waals surface area contributed by atoms with E-state index in [9.17, 15) is 0 Å². The van der Waals surface area contributed by atoms with E-state index in [1.54, 1.807) is 11.8 Å². The van der Waals surface area contributed by atoms with E-state index >= 15 is 0 Å². The molecule has 2 nitrogen and oxygen atoms in total. The van der Waals surface area contributed by atoms with Crippen LogP contribution >= 0.6 is 27.7 Å². The molecule has 0 aliphatic carbocycles. The van der Waals surface area contributed by atoms with Crippen LogP contribution in [0.15, 0.2) is 4.99 Å². The Balaban J connectivity index is 2.50. The molecule has 0 aromatic heterocycles. The molecule has 0 fully saturated rings. The number of nitrogens with two attached hydrogens (primary N) is 1. The fourth-order valence-electron chi connectivity index (χ4n) is 0.359. The largest absolute Gasteiger partial charge is 0.309 e. The summed E-state index contributed by atoms with van der Waals surface area (Å²) in [7, 11) is 0.